The molecule has 1 aromatic heterocycles. The second kappa shape index (κ2) is 8.07. The monoisotopic (exact) mass is 315 g/mol. The largest absolute Gasteiger partial charge is 0.496 e. The number of methoxy groups -OCH3 is 1. The summed E-state index contributed by atoms with van der Waals surface area (Å²) in [6.45, 7) is 3.46. The Morgan fingerprint density at radius 3 is 2.74 bits per heavy atom. The molecule has 2 N–H and O–H groups in total. The minimum absolute atomic E-state index is 0.160. The molecule has 0 aliphatic heterocycles. The molecular formula is C16H21N5O2. The van der Waals surface area contributed by atoms with Gasteiger partial charge in [-0.15, -0.1) is 0 Å². The molecule has 23 heavy (non-hydrogen) atoms. The van der Waals surface area contributed by atoms with E-state index in [1.165, 1.54) is 18.8 Å². The first-order valence-corrected chi connectivity index (χ1v) is 7.43. The summed E-state index contributed by atoms with van der Waals surface area (Å²) in [5.41, 5.74) is 1.17. The van der Waals surface area contributed by atoms with Crippen LogP contribution in [0.4, 0.5) is 11.9 Å². The molecule has 0 fully saturated rings. The van der Waals surface area contributed by atoms with E-state index in [1.54, 1.807) is 7.11 Å². The van der Waals surface area contributed by atoms with E-state index >= 15 is 0 Å². The van der Waals surface area contributed by atoms with Crippen LogP contribution in [-0.2, 0) is 11.2 Å². The van der Waals surface area contributed by atoms with Crippen LogP contribution in [0.3, 0.4) is 0 Å². The lowest BCUT2D eigenvalue weighted by molar-refractivity contribution is -0.114. The number of anilines is 2. The van der Waals surface area contributed by atoms with Gasteiger partial charge in [-0.25, -0.2) is 9.97 Å². The van der Waals surface area contributed by atoms with E-state index in [1.807, 2.05) is 18.2 Å². The minimum Gasteiger partial charge on any atom is -0.496 e. The van der Waals surface area contributed by atoms with Crippen molar-refractivity contribution in [2.45, 2.75) is 32.7 Å². The second-order valence-electron chi connectivity index (χ2n) is 5.21. The Morgan fingerprint density at radius 2 is 2.00 bits per heavy atom. The third-order valence-electron chi connectivity index (χ3n) is 3.27. The average Bonchev–Trinajstić information content (AvgIpc) is 2.53. The molecule has 0 radical (unpaired) electrons. The van der Waals surface area contributed by atoms with Crippen molar-refractivity contribution >= 4 is 17.8 Å². The van der Waals surface area contributed by atoms with Gasteiger partial charge in [0, 0.05) is 13.0 Å². The minimum atomic E-state index is -0.216. The Labute approximate surface area is 135 Å². The van der Waals surface area contributed by atoms with Crippen LogP contribution in [0.25, 0.3) is 0 Å². The number of nitrogens with zero attached hydrogens (tertiary/aromatic N) is 3. The van der Waals surface area contributed by atoms with Gasteiger partial charge < -0.3 is 10.1 Å². The van der Waals surface area contributed by atoms with Crippen molar-refractivity contribution in [3.05, 3.63) is 36.2 Å². The Hall–Kier alpha value is -2.70. The Balaban J connectivity index is 1.92. The van der Waals surface area contributed by atoms with E-state index in [0.717, 1.165) is 18.6 Å². The molecule has 1 heterocycles. The Morgan fingerprint density at radius 1 is 1.26 bits per heavy atom. The maximum Gasteiger partial charge on any atom is 0.234 e. The summed E-state index contributed by atoms with van der Waals surface area (Å²) in [5.74, 6) is 1.36. The zero-order chi connectivity index (χ0) is 16.7. The summed E-state index contributed by atoms with van der Waals surface area (Å²) in [6, 6.07) is 8.13. The van der Waals surface area contributed by atoms with Crippen molar-refractivity contribution in [3.63, 3.8) is 0 Å². The molecule has 2 aromatic rings. The number of carbonyl (C=O) groups excluding carboxylic acids is 1. The maximum atomic E-state index is 11.0. The van der Waals surface area contributed by atoms with E-state index in [2.05, 4.69) is 38.6 Å². The highest BCUT2D eigenvalue weighted by molar-refractivity contribution is 5.86. The number of amides is 1. The predicted molar refractivity (Wildman–Crippen MR) is 88.5 cm³/mol. The molecule has 0 saturated carbocycles. The first-order valence-electron chi connectivity index (χ1n) is 7.43. The summed E-state index contributed by atoms with van der Waals surface area (Å²) in [4.78, 5) is 23.1. The van der Waals surface area contributed by atoms with Gasteiger partial charge in [-0.3, -0.25) is 10.1 Å². The molecule has 0 aliphatic rings. The number of hydrogen-bond donors (Lipinski definition) is 2. The molecule has 1 aromatic carbocycles. The van der Waals surface area contributed by atoms with Crippen LogP contribution >= 0.6 is 0 Å². The lowest BCUT2D eigenvalue weighted by Crippen LogP contribution is -2.19. The number of carbonyl (C=O) groups is 1. The number of nitrogens with one attached hydrogen (secondary N) is 2. The van der Waals surface area contributed by atoms with E-state index in [9.17, 15) is 4.79 Å². The smallest absolute Gasteiger partial charge is 0.234 e. The standard InChI is InChI=1S/C16H21N5O2/c1-11(8-9-13-6-4-5-7-14(13)23-3)19-15-17-10-18-16(21-15)20-12(2)22/h4-7,10-11H,8-9H2,1-3H3,(H2,17,18,19,20,21,22). The van der Waals surface area contributed by atoms with Crippen molar-refractivity contribution in [1.82, 2.24) is 15.0 Å². The zero-order valence-electron chi connectivity index (χ0n) is 13.5. The number of ether oxygens (including phenoxy) is 1. The SMILES string of the molecule is COc1ccccc1CCC(C)Nc1ncnc(NC(C)=O)n1. The number of aromatic nitrogens is 3. The number of para-hydroxylation sites is 1. The summed E-state index contributed by atoms with van der Waals surface area (Å²) in [6.07, 6.45) is 3.14. The van der Waals surface area contributed by atoms with Gasteiger partial charge in [0.15, 0.2) is 0 Å². The summed E-state index contributed by atoms with van der Waals surface area (Å²) in [5, 5.41) is 5.74. The molecule has 0 spiro atoms. The third kappa shape index (κ3) is 5.21. The number of benzene rings is 1. The van der Waals surface area contributed by atoms with Crippen LogP contribution in [0, 0.1) is 0 Å². The van der Waals surface area contributed by atoms with Crippen molar-refractivity contribution in [2.75, 3.05) is 17.7 Å². The number of aryl methyl sites for hydroxylation is 1. The van der Waals surface area contributed by atoms with Gasteiger partial charge >= 0.3 is 0 Å². The quantitative estimate of drug-likeness (QED) is 0.815. The van der Waals surface area contributed by atoms with Crippen molar-refractivity contribution in [1.29, 1.82) is 0 Å². The first kappa shape index (κ1) is 16.7. The van der Waals surface area contributed by atoms with Crippen LogP contribution in [0.1, 0.15) is 25.8 Å². The molecule has 1 atom stereocenters. The molecule has 1 amide bonds. The fourth-order valence-corrected chi connectivity index (χ4v) is 2.16. The Kier molecular flexibility index (Phi) is 5.85. The molecule has 2 rings (SSSR count). The normalized spacial score (nSPS) is 11.6. The summed E-state index contributed by atoms with van der Waals surface area (Å²) >= 11 is 0. The van der Waals surface area contributed by atoms with E-state index in [0.29, 0.717) is 5.95 Å². The van der Waals surface area contributed by atoms with Gasteiger partial charge in [-0.05, 0) is 31.4 Å². The van der Waals surface area contributed by atoms with Crippen molar-refractivity contribution < 1.29 is 9.53 Å². The van der Waals surface area contributed by atoms with Gasteiger partial charge in [-0.2, -0.15) is 4.98 Å². The highest BCUT2D eigenvalue weighted by Gasteiger charge is 2.08. The van der Waals surface area contributed by atoms with Crippen LogP contribution in [0.15, 0.2) is 30.6 Å². The zero-order valence-corrected chi connectivity index (χ0v) is 13.5. The summed E-state index contributed by atoms with van der Waals surface area (Å²) in [7, 11) is 1.68. The number of hydrogen-bond acceptors (Lipinski definition) is 6. The van der Waals surface area contributed by atoms with Crippen molar-refractivity contribution in [3.8, 4) is 5.75 Å². The number of rotatable bonds is 7. The molecule has 122 valence electrons. The molecule has 0 aliphatic carbocycles. The fourth-order valence-electron chi connectivity index (χ4n) is 2.16. The van der Waals surface area contributed by atoms with Crippen LogP contribution < -0.4 is 15.4 Å². The molecule has 0 saturated heterocycles. The average molecular weight is 315 g/mol. The topological polar surface area (TPSA) is 89.0 Å². The summed E-state index contributed by atoms with van der Waals surface area (Å²) < 4.78 is 5.36. The molecule has 7 heteroatoms. The van der Waals surface area contributed by atoms with Gasteiger partial charge in [0.25, 0.3) is 0 Å². The molecule has 0 bridgehead atoms. The maximum absolute atomic E-state index is 11.0. The first-order chi connectivity index (χ1) is 11.1. The highest BCUT2D eigenvalue weighted by Crippen LogP contribution is 2.19. The van der Waals surface area contributed by atoms with E-state index in [-0.39, 0.29) is 17.9 Å². The molecule has 7 nitrogen and oxygen atoms in total. The van der Waals surface area contributed by atoms with Crippen LogP contribution in [-0.4, -0.2) is 34.0 Å². The predicted octanol–water partition coefficient (Wildman–Crippen LogP) is 2.27. The van der Waals surface area contributed by atoms with E-state index < -0.39 is 0 Å². The second-order valence-corrected chi connectivity index (χ2v) is 5.21. The van der Waals surface area contributed by atoms with Crippen LogP contribution in [0.5, 0.6) is 5.75 Å². The van der Waals surface area contributed by atoms with Gasteiger partial charge in [-0.1, -0.05) is 18.2 Å². The molecular weight excluding hydrogens is 294 g/mol. The lowest BCUT2D eigenvalue weighted by atomic mass is 10.1. The van der Waals surface area contributed by atoms with Crippen molar-refractivity contribution in [2.24, 2.45) is 0 Å². The van der Waals surface area contributed by atoms with Gasteiger partial charge in [0.2, 0.25) is 17.8 Å². The van der Waals surface area contributed by atoms with Crippen LogP contribution in [0.2, 0.25) is 0 Å². The van der Waals surface area contributed by atoms with E-state index in [4.69, 9.17) is 4.74 Å². The third-order valence-corrected chi connectivity index (χ3v) is 3.27. The fraction of sp³-hybridized carbons (Fsp3) is 0.375. The highest BCUT2D eigenvalue weighted by atomic mass is 16.5. The van der Waals surface area contributed by atoms with Gasteiger partial charge in [0.05, 0.1) is 7.11 Å². The molecule has 1 unspecified atom stereocenters. The lowest BCUT2D eigenvalue weighted by Gasteiger charge is -2.15. The van der Waals surface area contributed by atoms with Gasteiger partial charge in [0.1, 0.15) is 12.1 Å². The Bertz CT molecular complexity index is 662.